The molecule has 1 amide bonds. The van der Waals surface area contributed by atoms with Crippen molar-refractivity contribution in [2.24, 2.45) is 5.16 Å². The van der Waals surface area contributed by atoms with E-state index in [0.717, 1.165) is 6.42 Å². The van der Waals surface area contributed by atoms with Gasteiger partial charge in [0.2, 0.25) is 0 Å². The van der Waals surface area contributed by atoms with E-state index in [1.165, 1.54) is 5.48 Å². The molecule has 0 bridgehead atoms. The van der Waals surface area contributed by atoms with Crippen molar-refractivity contribution in [1.29, 1.82) is 0 Å². The van der Waals surface area contributed by atoms with Crippen molar-refractivity contribution in [3.8, 4) is 0 Å². The molecule has 2 rings (SSSR count). The first-order valence-corrected chi connectivity index (χ1v) is 4.97. The van der Waals surface area contributed by atoms with E-state index in [-0.39, 0.29) is 5.76 Å². The van der Waals surface area contributed by atoms with Gasteiger partial charge in [-0.25, -0.2) is 5.48 Å². The van der Waals surface area contributed by atoms with E-state index in [1.807, 2.05) is 0 Å². The number of carbonyl (C=O) groups excluding carboxylic acids is 1. The smallest absolute Gasteiger partial charge is 0.310 e. The molecule has 0 aromatic carbocycles. The summed E-state index contributed by atoms with van der Waals surface area (Å²) < 4.78 is 5.36. The average molecular weight is 224 g/mol. The van der Waals surface area contributed by atoms with E-state index >= 15 is 0 Å². The molecule has 6 nitrogen and oxygen atoms in total. The van der Waals surface area contributed by atoms with Gasteiger partial charge in [0.15, 0.2) is 5.76 Å². The highest BCUT2D eigenvalue weighted by Crippen LogP contribution is 2.29. The molecule has 0 radical (unpaired) electrons. The SMILES string of the molecule is Cc1c(C(=O)NO)oc2c1/C(=N\O)CCC2. The minimum Gasteiger partial charge on any atom is -0.455 e. The van der Waals surface area contributed by atoms with Crippen LogP contribution in [0.3, 0.4) is 0 Å². The molecule has 86 valence electrons. The number of hydrogen-bond acceptors (Lipinski definition) is 5. The molecule has 0 saturated carbocycles. The summed E-state index contributed by atoms with van der Waals surface area (Å²) in [6, 6.07) is 0. The summed E-state index contributed by atoms with van der Waals surface area (Å²) in [5, 5.41) is 20.6. The summed E-state index contributed by atoms with van der Waals surface area (Å²) in [4.78, 5) is 11.3. The minimum atomic E-state index is -0.691. The lowest BCUT2D eigenvalue weighted by molar-refractivity contribution is 0.0673. The van der Waals surface area contributed by atoms with Crippen LogP contribution in [0.2, 0.25) is 0 Å². The minimum absolute atomic E-state index is 0.0653. The highest BCUT2D eigenvalue weighted by atomic mass is 16.5. The van der Waals surface area contributed by atoms with Gasteiger partial charge in [-0.05, 0) is 19.8 Å². The number of amides is 1. The third-order valence-electron chi connectivity index (χ3n) is 2.75. The zero-order valence-corrected chi connectivity index (χ0v) is 8.78. The monoisotopic (exact) mass is 224 g/mol. The van der Waals surface area contributed by atoms with Crippen molar-refractivity contribution in [2.45, 2.75) is 26.2 Å². The van der Waals surface area contributed by atoms with Gasteiger partial charge < -0.3 is 9.62 Å². The third-order valence-corrected chi connectivity index (χ3v) is 2.75. The van der Waals surface area contributed by atoms with Crippen LogP contribution >= 0.6 is 0 Å². The predicted molar refractivity (Wildman–Crippen MR) is 54.0 cm³/mol. The molecule has 1 heterocycles. The number of hydroxylamine groups is 1. The first kappa shape index (κ1) is 10.7. The zero-order valence-electron chi connectivity index (χ0n) is 8.78. The van der Waals surface area contributed by atoms with Crippen LogP contribution in [0.25, 0.3) is 0 Å². The molecule has 3 N–H and O–H groups in total. The molecule has 0 saturated heterocycles. The van der Waals surface area contributed by atoms with Crippen LogP contribution in [0, 0.1) is 6.92 Å². The van der Waals surface area contributed by atoms with Crippen LogP contribution in [-0.2, 0) is 6.42 Å². The Hall–Kier alpha value is -1.82. The molecule has 0 atom stereocenters. The van der Waals surface area contributed by atoms with Gasteiger partial charge in [0, 0.05) is 17.5 Å². The Labute approximate surface area is 91.5 Å². The standard InChI is InChI=1S/C10H12N2O4/c1-5-8-6(11-14)3-2-4-7(8)16-9(5)10(13)12-15/h14-15H,2-4H2,1H3,(H,12,13)/b11-6-. The topological polar surface area (TPSA) is 95.1 Å². The fourth-order valence-corrected chi connectivity index (χ4v) is 2.04. The van der Waals surface area contributed by atoms with Crippen molar-refractivity contribution < 1.29 is 19.6 Å². The average Bonchev–Trinajstić information content (AvgIpc) is 2.66. The van der Waals surface area contributed by atoms with E-state index in [4.69, 9.17) is 14.8 Å². The molecule has 0 aliphatic heterocycles. The first-order chi connectivity index (χ1) is 7.69. The van der Waals surface area contributed by atoms with E-state index in [2.05, 4.69) is 5.16 Å². The number of carbonyl (C=O) groups is 1. The Morgan fingerprint density at radius 3 is 2.88 bits per heavy atom. The third kappa shape index (κ3) is 1.47. The second-order valence-electron chi connectivity index (χ2n) is 3.70. The van der Waals surface area contributed by atoms with Crippen LogP contribution in [0.4, 0.5) is 0 Å². The lowest BCUT2D eigenvalue weighted by Gasteiger charge is -2.11. The Morgan fingerprint density at radius 1 is 1.50 bits per heavy atom. The van der Waals surface area contributed by atoms with Crippen LogP contribution in [0.5, 0.6) is 0 Å². The molecular weight excluding hydrogens is 212 g/mol. The van der Waals surface area contributed by atoms with Gasteiger partial charge >= 0.3 is 5.91 Å². The van der Waals surface area contributed by atoms with E-state index < -0.39 is 5.91 Å². The first-order valence-electron chi connectivity index (χ1n) is 4.97. The molecule has 1 aliphatic carbocycles. The molecule has 1 aromatic rings. The van der Waals surface area contributed by atoms with Crippen LogP contribution in [0.15, 0.2) is 9.57 Å². The van der Waals surface area contributed by atoms with Crippen molar-refractivity contribution in [2.75, 3.05) is 0 Å². The molecule has 6 heteroatoms. The highest BCUT2D eigenvalue weighted by Gasteiger charge is 2.27. The fraction of sp³-hybridized carbons (Fsp3) is 0.400. The number of nitrogens with one attached hydrogen (secondary N) is 1. The van der Waals surface area contributed by atoms with Gasteiger partial charge in [-0.1, -0.05) is 5.16 Å². The number of aryl methyl sites for hydroxylation is 1. The molecule has 1 aromatic heterocycles. The predicted octanol–water partition coefficient (Wildman–Crippen LogP) is 1.22. The molecule has 16 heavy (non-hydrogen) atoms. The summed E-state index contributed by atoms with van der Waals surface area (Å²) >= 11 is 0. The van der Waals surface area contributed by atoms with E-state index in [9.17, 15) is 4.79 Å². The summed E-state index contributed by atoms with van der Waals surface area (Å²) in [5.41, 5.74) is 3.34. The number of hydrogen-bond donors (Lipinski definition) is 3. The normalized spacial score (nSPS) is 17.2. The van der Waals surface area contributed by atoms with Crippen molar-refractivity contribution in [3.05, 3.63) is 22.6 Å². The summed E-state index contributed by atoms with van der Waals surface area (Å²) in [7, 11) is 0. The quantitative estimate of drug-likeness (QED) is 0.379. The fourth-order valence-electron chi connectivity index (χ4n) is 2.04. The summed E-state index contributed by atoms with van der Waals surface area (Å²) in [6.07, 6.45) is 2.18. The van der Waals surface area contributed by atoms with Crippen LogP contribution < -0.4 is 5.48 Å². The lowest BCUT2D eigenvalue weighted by Crippen LogP contribution is -2.19. The van der Waals surface area contributed by atoms with Crippen LogP contribution in [-0.4, -0.2) is 22.0 Å². The van der Waals surface area contributed by atoms with Crippen molar-refractivity contribution in [1.82, 2.24) is 5.48 Å². The van der Waals surface area contributed by atoms with Gasteiger partial charge in [-0.2, -0.15) is 0 Å². The maximum atomic E-state index is 11.3. The van der Waals surface area contributed by atoms with Crippen molar-refractivity contribution >= 4 is 11.6 Å². The highest BCUT2D eigenvalue weighted by molar-refractivity contribution is 6.05. The van der Waals surface area contributed by atoms with Gasteiger partial charge in [0.25, 0.3) is 0 Å². The summed E-state index contributed by atoms with van der Waals surface area (Å²) in [6.45, 7) is 1.70. The van der Waals surface area contributed by atoms with Gasteiger partial charge in [-0.15, -0.1) is 0 Å². The van der Waals surface area contributed by atoms with Gasteiger partial charge in [-0.3, -0.25) is 10.0 Å². The Balaban J connectivity index is 2.55. The maximum absolute atomic E-state index is 11.3. The number of rotatable bonds is 1. The van der Waals surface area contributed by atoms with Crippen molar-refractivity contribution in [3.63, 3.8) is 0 Å². The van der Waals surface area contributed by atoms with Gasteiger partial charge in [0.1, 0.15) is 5.76 Å². The number of furan rings is 1. The summed E-state index contributed by atoms with van der Waals surface area (Å²) in [5.74, 6) is 0.00916. The van der Waals surface area contributed by atoms with Crippen LogP contribution in [0.1, 0.15) is 40.3 Å². The molecule has 1 aliphatic rings. The number of nitrogens with zero attached hydrogens (tertiary/aromatic N) is 1. The maximum Gasteiger partial charge on any atom is 0.310 e. The van der Waals surface area contributed by atoms with E-state index in [0.29, 0.717) is 35.4 Å². The molecule has 0 spiro atoms. The lowest BCUT2D eigenvalue weighted by atomic mass is 9.93. The zero-order chi connectivity index (χ0) is 11.7. The molecule has 0 unspecified atom stereocenters. The van der Waals surface area contributed by atoms with Gasteiger partial charge in [0.05, 0.1) is 5.71 Å². The second kappa shape index (κ2) is 3.97. The second-order valence-corrected chi connectivity index (χ2v) is 3.70. The number of oxime groups is 1. The Kier molecular flexibility index (Phi) is 2.66. The number of fused-ring (bicyclic) bond motifs is 1. The molecule has 0 fully saturated rings. The Bertz CT molecular complexity index is 462. The molecular formula is C10H12N2O4. The Morgan fingerprint density at radius 2 is 2.25 bits per heavy atom. The largest absolute Gasteiger partial charge is 0.455 e. The van der Waals surface area contributed by atoms with E-state index in [1.54, 1.807) is 6.92 Å².